The summed E-state index contributed by atoms with van der Waals surface area (Å²) in [7, 11) is 0. The van der Waals surface area contributed by atoms with Crippen LogP contribution in [0.1, 0.15) is 52.0 Å². The second-order valence-electron chi connectivity index (χ2n) is 9.37. The van der Waals surface area contributed by atoms with Gasteiger partial charge in [-0.1, -0.05) is 19.9 Å². The maximum absolute atomic E-state index is 13.8. The number of rotatable bonds is 9. The molecule has 0 radical (unpaired) electrons. The molecule has 0 bridgehead atoms. The molecule has 2 aromatic rings. The van der Waals surface area contributed by atoms with Crippen LogP contribution in [0.2, 0.25) is 0 Å². The predicted octanol–water partition coefficient (Wildman–Crippen LogP) is 5.65. The van der Waals surface area contributed by atoms with E-state index < -0.39 is 17.3 Å². The fourth-order valence-electron chi connectivity index (χ4n) is 3.75. The van der Waals surface area contributed by atoms with Gasteiger partial charge >= 0.3 is 6.18 Å². The second kappa shape index (κ2) is 9.48. The molecule has 3 N–H and O–H groups in total. The number of hydrogen-bond donors (Lipinski definition) is 2. The SMILES string of the molecule is CC(C)C[C@](C)(N)COc1ccc(-c2ccnc(NC(=O)CC3CC3)c2)cc1C(F)(F)F. The molecule has 1 saturated carbocycles. The maximum atomic E-state index is 13.8. The van der Waals surface area contributed by atoms with Crippen LogP contribution in [0.5, 0.6) is 5.75 Å². The van der Waals surface area contributed by atoms with Gasteiger partial charge in [-0.3, -0.25) is 4.79 Å². The van der Waals surface area contributed by atoms with Crippen LogP contribution in [0.15, 0.2) is 36.5 Å². The number of halogens is 3. The summed E-state index contributed by atoms with van der Waals surface area (Å²) < 4.78 is 46.8. The van der Waals surface area contributed by atoms with Gasteiger partial charge in [0.1, 0.15) is 18.2 Å². The van der Waals surface area contributed by atoms with Gasteiger partial charge in [-0.05, 0) is 73.4 Å². The molecular weight excluding hydrogens is 419 g/mol. The number of nitrogens with one attached hydrogen (secondary N) is 1. The van der Waals surface area contributed by atoms with E-state index in [0.717, 1.165) is 18.9 Å². The number of pyridine rings is 1. The van der Waals surface area contributed by atoms with Crippen LogP contribution in [-0.4, -0.2) is 23.0 Å². The normalized spacial score (nSPS) is 16.0. The average Bonchev–Trinajstić information content (AvgIpc) is 3.48. The molecule has 32 heavy (non-hydrogen) atoms. The number of carbonyl (C=O) groups is 1. The van der Waals surface area contributed by atoms with Gasteiger partial charge in [0.15, 0.2) is 0 Å². The summed E-state index contributed by atoms with van der Waals surface area (Å²) in [5.74, 6) is 0.645. The van der Waals surface area contributed by atoms with Crippen molar-refractivity contribution in [1.29, 1.82) is 0 Å². The molecular formula is C24H30F3N3O2. The molecule has 0 saturated heterocycles. The molecule has 1 aromatic heterocycles. The van der Waals surface area contributed by atoms with E-state index in [1.54, 1.807) is 25.1 Å². The molecule has 174 valence electrons. The molecule has 1 heterocycles. The molecule has 3 rings (SSSR count). The number of anilines is 1. The fourth-order valence-corrected chi connectivity index (χ4v) is 3.75. The number of amides is 1. The van der Waals surface area contributed by atoms with Crippen LogP contribution in [0, 0.1) is 11.8 Å². The zero-order chi connectivity index (χ0) is 23.5. The molecule has 1 aromatic carbocycles. The second-order valence-corrected chi connectivity index (χ2v) is 9.37. The Kier molecular flexibility index (Phi) is 7.12. The number of nitrogens with zero attached hydrogens (tertiary/aromatic N) is 1. The predicted molar refractivity (Wildman–Crippen MR) is 118 cm³/mol. The van der Waals surface area contributed by atoms with Crippen LogP contribution in [-0.2, 0) is 11.0 Å². The lowest BCUT2D eigenvalue weighted by Crippen LogP contribution is -2.43. The molecule has 1 aliphatic rings. The first kappa shape index (κ1) is 24.0. The van der Waals surface area contributed by atoms with E-state index >= 15 is 0 Å². The number of aromatic nitrogens is 1. The third-order valence-electron chi connectivity index (χ3n) is 5.25. The van der Waals surface area contributed by atoms with Crippen molar-refractivity contribution in [2.24, 2.45) is 17.6 Å². The van der Waals surface area contributed by atoms with E-state index in [1.807, 2.05) is 13.8 Å². The van der Waals surface area contributed by atoms with E-state index in [1.165, 1.54) is 12.3 Å². The van der Waals surface area contributed by atoms with Crippen molar-refractivity contribution in [2.45, 2.75) is 58.2 Å². The molecule has 0 spiro atoms. The number of benzene rings is 1. The Balaban J connectivity index is 1.80. The summed E-state index contributed by atoms with van der Waals surface area (Å²) >= 11 is 0. The van der Waals surface area contributed by atoms with E-state index in [9.17, 15) is 18.0 Å². The minimum atomic E-state index is -4.59. The monoisotopic (exact) mass is 449 g/mol. The molecule has 0 unspecified atom stereocenters. The smallest absolute Gasteiger partial charge is 0.419 e. The first-order valence-electron chi connectivity index (χ1n) is 10.8. The van der Waals surface area contributed by atoms with Crippen molar-refractivity contribution < 1.29 is 22.7 Å². The largest absolute Gasteiger partial charge is 0.491 e. The van der Waals surface area contributed by atoms with Gasteiger partial charge in [0, 0.05) is 18.2 Å². The zero-order valence-electron chi connectivity index (χ0n) is 18.6. The summed E-state index contributed by atoms with van der Waals surface area (Å²) in [6.07, 6.45) is 0.0343. The van der Waals surface area contributed by atoms with Gasteiger partial charge in [0.05, 0.1) is 5.56 Å². The summed E-state index contributed by atoms with van der Waals surface area (Å²) in [5, 5.41) is 2.72. The first-order chi connectivity index (χ1) is 14.9. The highest BCUT2D eigenvalue weighted by molar-refractivity contribution is 5.90. The van der Waals surface area contributed by atoms with Crippen LogP contribution < -0.4 is 15.8 Å². The number of alkyl halides is 3. The third-order valence-corrected chi connectivity index (χ3v) is 5.25. The van der Waals surface area contributed by atoms with Gasteiger partial charge in [0.2, 0.25) is 5.91 Å². The van der Waals surface area contributed by atoms with Crippen molar-refractivity contribution in [1.82, 2.24) is 4.98 Å². The van der Waals surface area contributed by atoms with Gasteiger partial charge in [-0.2, -0.15) is 13.2 Å². The minimum Gasteiger partial charge on any atom is -0.491 e. The zero-order valence-corrected chi connectivity index (χ0v) is 18.6. The van der Waals surface area contributed by atoms with E-state index in [-0.39, 0.29) is 18.3 Å². The molecule has 8 heteroatoms. The van der Waals surface area contributed by atoms with Gasteiger partial charge in [-0.15, -0.1) is 0 Å². The summed E-state index contributed by atoms with van der Waals surface area (Å²) in [5.41, 5.74) is 5.44. The number of nitrogens with two attached hydrogens (primary N) is 1. The molecule has 5 nitrogen and oxygen atoms in total. The van der Waals surface area contributed by atoms with E-state index in [4.69, 9.17) is 10.5 Å². The van der Waals surface area contributed by atoms with Crippen LogP contribution in [0.3, 0.4) is 0 Å². The lowest BCUT2D eigenvalue weighted by Gasteiger charge is -2.27. The van der Waals surface area contributed by atoms with Crippen LogP contribution in [0.25, 0.3) is 11.1 Å². The lowest BCUT2D eigenvalue weighted by atomic mass is 9.93. The number of ether oxygens (including phenoxy) is 1. The Morgan fingerprint density at radius 2 is 1.91 bits per heavy atom. The number of carbonyl (C=O) groups excluding carboxylic acids is 1. The Hall–Kier alpha value is -2.61. The molecule has 1 fully saturated rings. The van der Waals surface area contributed by atoms with E-state index in [2.05, 4.69) is 10.3 Å². The van der Waals surface area contributed by atoms with Crippen molar-refractivity contribution in [3.63, 3.8) is 0 Å². The Morgan fingerprint density at radius 1 is 1.22 bits per heavy atom. The first-order valence-corrected chi connectivity index (χ1v) is 10.8. The topological polar surface area (TPSA) is 77.2 Å². The third kappa shape index (κ3) is 6.95. The Bertz CT molecular complexity index is 954. The van der Waals surface area contributed by atoms with Crippen molar-refractivity contribution in [3.8, 4) is 16.9 Å². The Labute approximate surface area is 186 Å². The highest BCUT2D eigenvalue weighted by Crippen LogP contribution is 2.39. The molecule has 0 aliphatic heterocycles. The van der Waals surface area contributed by atoms with Gasteiger partial charge < -0.3 is 15.8 Å². The molecule has 1 amide bonds. The average molecular weight is 450 g/mol. The quantitative estimate of drug-likeness (QED) is 0.519. The van der Waals surface area contributed by atoms with Crippen molar-refractivity contribution in [3.05, 3.63) is 42.1 Å². The molecule has 1 atom stereocenters. The highest BCUT2D eigenvalue weighted by Gasteiger charge is 2.35. The summed E-state index contributed by atoms with van der Waals surface area (Å²) in [6, 6.07) is 7.10. The standard InChI is InChI=1S/C24H30F3N3O2/c1-15(2)13-23(3,28)14-32-20-7-6-17(11-19(20)24(25,26)27)18-8-9-29-21(12-18)30-22(31)10-16-4-5-16/h6-9,11-12,15-16H,4-5,10,13-14,28H2,1-3H3,(H,29,30,31)/t23-/m0/s1. The summed E-state index contributed by atoms with van der Waals surface area (Å²) in [4.78, 5) is 16.1. The highest BCUT2D eigenvalue weighted by atomic mass is 19.4. The lowest BCUT2D eigenvalue weighted by molar-refractivity contribution is -0.139. The van der Waals surface area contributed by atoms with Crippen molar-refractivity contribution >= 4 is 11.7 Å². The van der Waals surface area contributed by atoms with Gasteiger partial charge in [-0.25, -0.2) is 4.98 Å². The van der Waals surface area contributed by atoms with Crippen LogP contribution in [0.4, 0.5) is 19.0 Å². The van der Waals surface area contributed by atoms with Crippen LogP contribution >= 0.6 is 0 Å². The number of hydrogen-bond acceptors (Lipinski definition) is 4. The molecule has 1 aliphatic carbocycles. The Morgan fingerprint density at radius 3 is 2.53 bits per heavy atom. The van der Waals surface area contributed by atoms with E-state index in [0.29, 0.717) is 41.6 Å². The summed E-state index contributed by atoms with van der Waals surface area (Å²) in [6.45, 7) is 5.74. The van der Waals surface area contributed by atoms with Crippen molar-refractivity contribution in [2.75, 3.05) is 11.9 Å². The van der Waals surface area contributed by atoms with Gasteiger partial charge in [0.25, 0.3) is 0 Å². The fraction of sp³-hybridized carbons (Fsp3) is 0.500. The minimum absolute atomic E-state index is 0.0277. The maximum Gasteiger partial charge on any atom is 0.419 e.